The number of nitrogens with zero attached hydrogens (tertiary/aromatic N) is 3. The summed E-state index contributed by atoms with van der Waals surface area (Å²) in [7, 11) is -4.33. The molecular weight excluding hydrogens is 640 g/mol. The van der Waals surface area contributed by atoms with Crippen molar-refractivity contribution >= 4 is 44.8 Å². The first-order valence-corrected chi connectivity index (χ1v) is 17.1. The highest BCUT2D eigenvalue weighted by molar-refractivity contribution is 7.92. The Kier molecular flexibility index (Phi) is 10.9. The number of non-ortho nitro benzene ring substituents is 1. The molecule has 0 spiro atoms. The van der Waals surface area contributed by atoms with E-state index in [1.807, 2.05) is 30.3 Å². The summed E-state index contributed by atoms with van der Waals surface area (Å²) in [6, 6.07) is 27.8. The quantitative estimate of drug-likeness (QED) is 0.134. The first kappa shape index (κ1) is 33.6. The van der Waals surface area contributed by atoms with E-state index in [0.29, 0.717) is 10.6 Å². The first-order valence-electron chi connectivity index (χ1n) is 15.3. The molecule has 1 aliphatic rings. The molecule has 1 saturated carbocycles. The summed E-state index contributed by atoms with van der Waals surface area (Å²) in [5.41, 5.74) is 1.23. The van der Waals surface area contributed by atoms with E-state index in [4.69, 9.17) is 11.6 Å². The number of nitrogens with one attached hydrogen (secondary N) is 1. The Morgan fingerprint density at radius 1 is 0.872 bits per heavy atom. The van der Waals surface area contributed by atoms with Crippen molar-refractivity contribution in [3.05, 3.63) is 135 Å². The van der Waals surface area contributed by atoms with E-state index in [1.165, 1.54) is 41.3 Å². The van der Waals surface area contributed by atoms with Gasteiger partial charge in [-0.1, -0.05) is 91.2 Å². The number of rotatable bonds is 13. The molecule has 5 rings (SSSR count). The van der Waals surface area contributed by atoms with Crippen molar-refractivity contribution in [3.63, 3.8) is 0 Å². The van der Waals surface area contributed by atoms with Crippen molar-refractivity contribution in [1.82, 2.24) is 10.2 Å². The minimum absolute atomic E-state index is 0.0203. The molecule has 0 bridgehead atoms. The molecule has 0 radical (unpaired) electrons. The van der Waals surface area contributed by atoms with Gasteiger partial charge in [-0.15, -0.1) is 0 Å². The van der Waals surface area contributed by atoms with Gasteiger partial charge in [-0.3, -0.25) is 24.0 Å². The van der Waals surface area contributed by atoms with Gasteiger partial charge in [0.2, 0.25) is 11.8 Å². The molecule has 0 aliphatic heterocycles. The Balaban J connectivity index is 1.57. The predicted octanol–water partition coefficient (Wildman–Crippen LogP) is 6.14. The lowest BCUT2D eigenvalue weighted by Gasteiger charge is -2.34. The zero-order valence-electron chi connectivity index (χ0n) is 25.6. The molecule has 1 unspecified atom stereocenters. The van der Waals surface area contributed by atoms with Crippen LogP contribution in [-0.2, 0) is 32.6 Å². The lowest BCUT2D eigenvalue weighted by molar-refractivity contribution is -0.384. The summed E-state index contributed by atoms with van der Waals surface area (Å²) in [6.07, 6.45) is 3.85. The third-order valence-electron chi connectivity index (χ3n) is 8.23. The van der Waals surface area contributed by atoms with E-state index in [0.717, 1.165) is 35.6 Å². The van der Waals surface area contributed by atoms with Crippen LogP contribution in [0.3, 0.4) is 0 Å². The van der Waals surface area contributed by atoms with Crippen molar-refractivity contribution in [3.8, 4) is 0 Å². The van der Waals surface area contributed by atoms with Crippen molar-refractivity contribution < 1.29 is 22.9 Å². The second-order valence-electron chi connectivity index (χ2n) is 11.4. The Morgan fingerprint density at radius 3 is 2.09 bits per heavy atom. The second kappa shape index (κ2) is 15.2. The molecule has 0 aromatic heterocycles. The van der Waals surface area contributed by atoms with Gasteiger partial charge in [0.1, 0.15) is 12.6 Å². The van der Waals surface area contributed by atoms with Crippen LogP contribution in [0.5, 0.6) is 0 Å². The molecule has 1 atom stereocenters. The van der Waals surface area contributed by atoms with Crippen LogP contribution in [0, 0.1) is 10.1 Å². The van der Waals surface area contributed by atoms with E-state index in [9.17, 15) is 28.1 Å². The fraction of sp³-hybridized carbons (Fsp3) is 0.257. The lowest BCUT2D eigenvalue weighted by Crippen LogP contribution is -2.54. The molecule has 47 heavy (non-hydrogen) atoms. The number of carbonyl (C=O) groups is 2. The molecule has 2 amide bonds. The Hall–Kier alpha value is -4.74. The molecule has 0 saturated heterocycles. The van der Waals surface area contributed by atoms with Crippen LogP contribution in [-0.4, -0.2) is 48.7 Å². The van der Waals surface area contributed by atoms with Gasteiger partial charge in [0.25, 0.3) is 15.7 Å². The lowest BCUT2D eigenvalue weighted by atomic mass is 10.0. The van der Waals surface area contributed by atoms with Crippen molar-refractivity contribution in [2.45, 2.75) is 55.6 Å². The number of nitro benzene ring substituents is 1. The SMILES string of the molecule is O=C(NC1CCCC1)C(Cc1ccccc1)N(Cc1ccccc1Cl)C(=O)CN(c1ccc([N+](=O)[O-])cc1)S(=O)(=O)c1ccccc1. The van der Waals surface area contributed by atoms with E-state index >= 15 is 0 Å². The third-order valence-corrected chi connectivity index (χ3v) is 10.4. The fourth-order valence-electron chi connectivity index (χ4n) is 5.72. The maximum Gasteiger partial charge on any atom is 0.269 e. The molecule has 0 heterocycles. The number of anilines is 1. The number of sulfonamides is 1. The predicted molar refractivity (Wildman–Crippen MR) is 180 cm³/mol. The van der Waals surface area contributed by atoms with Gasteiger partial charge in [0.05, 0.1) is 15.5 Å². The third kappa shape index (κ3) is 8.35. The number of benzene rings is 4. The van der Waals surface area contributed by atoms with Crippen LogP contribution >= 0.6 is 11.6 Å². The number of carbonyl (C=O) groups excluding carboxylic acids is 2. The molecular formula is C35H35ClN4O6S. The summed E-state index contributed by atoms with van der Waals surface area (Å²) in [5, 5.41) is 14.9. The number of amides is 2. The summed E-state index contributed by atoms with van der Waals surface area (Å²) in [5.74, 6) is -0.987. The van der Waals surface area contributed by atoms with Crippen LogP contribution in [0.2, 0.25) is 5.02 Å². The summed E-state index contributed by atoms with van der Waals surface area (Å²) in [6.45, 7) is -0.741. The first-order chi connectivity index (χ1) is 22.6. The molecule has 244 valence electrons. The summed E-state index contributed by atoms with van der Waals surface area (Å²) >= 11 is 6.55. The Morgan fingerprint density at radius 2 is 1.47 bits per heavy atom. The van der Waals surface area contributed by atoms with Crippen LogP contribution in [0.1, 0.15) is 36.8 Å². The van der Waals surface area contributed by atoms with Crippen LogP contribution in [0.15, 0.2) is 114 Å². The zero-order valence-corrected chi connectivity index (χ0v) is 27.1. The normalized spacial score (nSPS) is 13.9. The minimum atomic E-state index is -4.33. The van der Waals surface area contributed by atoms with Gasteiger partial charge >= 0.3 is 0 Å². The maximum atomic E-state index is 14.6. The van der Waals surface area contributed by atoms with E-state index < -0.39 is 33.4 Å². The highest BCUT2D eigenvalue weighted by atomic mass is 35.5. The van der Waals surface area contributed by atoms with Gasteiger partial charge in [0, 0.05) is 36.2 Å². The zero-order chi connectivity index (χ0) is 33.4. The molecule has 1 fully saturated rings. The minimum Gasteiger partial charge on any atom is -0.352 e. The molecule has 1 aliphatic carbocycles. The van der Waals surface area contributed by atoms with Gasteiger partial charge in [-0.05, 0) is 54.3 Å². The number of hydrogen-bond donors (Lipinski definition) is 1. The van der Waals surface area contributed by atoms with Crippen LogP contribution < -0.4 is 9.62 Å². The fourth-order valence-corrected chi connectivity index (χ4v) is 7.35. The van der Waals surface area contributed by atoms with E-state index in [-0.39, 0.29) is 41.2 Å². The topological polar surface area (TPSA) is 130 Å². The maximum absolute atomic E-state index is 14.6. The number of nitro groups is 1. The molecule has 4 aromatic carbocycles. The largest absolute Gasteiger partial charge is 0.352 e. The average Bonchev–Trinajstić information content (AvgIpc) is 3.60. The second-order valence-corrected chi connectivity index (χ2v) is 13.7. The Labute approximate surface area is 279 Å². The molecule has 4 aromatic rings. The molecule has 10 nitrogen and oxygen atoms in total. The van der Waals surface area contributed by atoms with Gasteiger partial charge < -0.3 is 10.2 Å². The summed E-state index contributed by atoms with van der Waals surface area (Å²) < 4.78 is 29.1. The monoisotopic (exact) mass is 674 g/mol. The van der Waals surface area contributed by atoms with Gasteiger partial charge in [0.15, 0.2) is 0 Å². The molecule has 12 heteroatoms. The van der Waals surface area contributed by atoms with Crippen LogP contribution in [0.25, 0.3) is 0 Å². The van der Waals surface area contributed by atoms with Crippen molar-refractivity contribution in [2.24, 2.45) is 0 Å². The van der Waals surface area contributed by atoms with E-state index in [1.54, 1.807) is 42.5 Å². The van der Waals surface area contributed by atoms with E-state index in [2.05, 4.69) is 5.32 Å². The average molecular weight is 675 g/mol. The van der Waals surface area contributed by atoms with Crippen molar-refractivity contribution in [1.29, 1.82) is 0 Å². The Bertz CT molecular complexity index is 1800. The smallest absolute Gasteiger partial charge is 0.269 e. The van der Waals surface area contributed by atoms with Crippen LogP contribution in [0.4, 0.5) is 11.4 Å². The summed E-state index contributed by atoms with van der Waals surface area (Å²) in [4.78, 5) is 40.7. The highest BCUT2D eigenvalue weighted by Crippen LogP contribution is 2.28. The van der Waals surface area contributed by atoms with Gasteiger partial charge in [-0.2, -0.15) is 0 Å². The van der Waals surface area contributed by atoms with Gasteiger partial charge in [-0.25, -0.2) is 8.42 Å². The highest BCUT2D eigenvalue weighted by Gasteiger charge is 2.36. The standard InChI is InChI=1S/C35H35ClN4O6S/c36-32-18-10-7-13-27(32)24-38(33(23-26-11-3-1-4-12-26)35(42)37-28-14-8-9-15-28)34(41)25-39(29-19-21-30(22-20-29)40(43)44)47(45,46)31-16-5-2-6-17-31/h1-7,10-13,16-22,28,33H,8-9,14-15,23-25H2,(H,37,42). The number of halogens is 1. The van der Waals surface area contributed by atoms with Crippen molar-refractivity contribution in [2.75, 3.05) is 10.8 Å². The molecule has 1 N–H and O–H groups in total. The number of hydrogen-bond acceptors (Lipinski definition) is 6.